The molecule has 1 atom stereocenters. The lowest BCUT2D eigenvalue weighted by Gasteiger charge is -2.34. The van der Waals surface area contributed by atoms with E-state index in [0.29, 0.717) is 47.7 Å². The molecule has 0 aromatic heterocycles. The van der Waals surface area contributed by atoms with Crippen molar-refractivity contribution in [1.82, 2.24) is 14.7 Å². The summed E-state index contributed by atoms with van der Waals surface area (Å²) >= 11 is 13.4. The van der Waals surface area contributed by atoms with Crippen LogP contribution in [-0.4, -0.2) is 83.5 Å². The van der Waals surface area contributed by atoms with Crippen LogP contribution in [0.1, 0.15) is 54.4 Å². The number of carbonyl (C=O) groups is 2. The normalized spacial score (nSPS) is 20.8. The second kappa shape index (κ2) is 13.7. The zero-order valence-electron chi connectivity index (χ0n) is 22.3. The Morgan fingerprint density at radius 2 is 1.51 bits per heavy atom. The molecule has 3 fully saturated rings. The van der Waals surface area contributed by atoms with Crippen LogP contribution in [0.4, 0.5) is 0 Å². The Balaban J connectivity index is 0.00000353. The van der Waals surface area contributed by atoms with Crippen LogP contribution < -0.4 is 0 Å². The van der Waals surface area contributed by atoms with E-state index in [0.717, 1.165) is 55.6 Å². The number of aliphatic hydroxyl groups excluding tert-OH is 1. The summed E-state index contributed by atoms with van der Waals surface area (Å²) in [6.07, 6.45) is 7.39. The minimum absolute atomic E-state index is 0. The monoisotopic (exact) mass is 593 g/mol. The molecule has 2 saturated heterocycles. The van der Waals surface area contributed by atoms with Gasteiger partial charge in [0.15, 0.2) is 0 Å². The van der Waals surface area contributed by atoms with Gasteiger partial charge in [-0.2, -0.15) is 0 Å². The van der Waals surface area contributed by atoms with Gasteiger partial charge >= 0.3 is 0 Å². The molecule has 1 N–H and O–H groups in total. The Morgan fingerprint density at radius 3 is 2.13 bits per heavy atom. The number of aliphatic hydroxyl groups is 1. The fraction of sp³-hybridized carbons (Fsp3) is 0.533. The largest absolute Gasteiger partial charge is 0.395 e. The van der Waals surface area contributed by atoms with Crippen molar-refractivity contribution in [2.45, 2.75) is 51.0 Å². The molecule has 3 aliphatic rings. The zero-order chi connectivity index (χ0) is 26.6. The van der Waals surface area contributed by atoms with E-state index in [1.807, 2.05) is 41.3 Å². The van der Waals surface area contributed by atoms with E-state index in [-0.39, 0.29) is 36.7 Å². The molecule has 0 bridgehead atoms. The fourth-order valence-electron chi connectivity index (χ4n) is 6.22. The van der Waals surface area contributed by atoms with Crippen LogP contribution in [0.3, 0.4) is 0 Å². The molecule has 2 heterocycles. The van der Waals surface area contributed by atoms with Crippen molar-refractivity contribution < 1.29 is 14.7 Å². The van der Waals surface area contributed by atoms with Crippen LogP contribution >= 0.6 is 35.6 Å². The van der Waals surface area contributed by atoms with Crippen molar-refractivity contribution >= 4 is 47.4 Å². The summed E-state index contributed by atoms with van der Waals surface area (Å²) in [5.74, 6) is 0.215. The Kier molecular flexibility index (Phi) is 10.6. The highest BCUT2D eigenvalue weighted by molar-refractivity contribution is 6.36. The number of benzene rings is 2. The number of hydrogen-bond donors (Lipinski definition) is 1. The highest BCUT2D eigenvalue weighted by atomic mass is 35.5. The maximum atomic E-state index is 13.2. The Hall–Kier alpha value is -1.83. The molecular weight excluding hydrogens is 557 g/mol. The van der Waals surface area contributed by atoms with Gasteiger partial charge < -0.3 is 14.9 Å². The van der Waals surface area contributed by atoms with Crippen LogP contribution in [0.5, 0.6) is 0 Å². The average molecular weight is 595 g/mol. The summed E-state index contributed by atoms with van der Waals surface area (Å²) in [6, 6.07) is 11.8. The number of nitrogens with zero attached hydrogens (tertiary/aromatic N) is 3. The standard InChI is InChI=1S/C30H37Cl2N3O3.ClH/c31-27-19-24(21-6-8-22(9-7-21)29(37)34-14-12-33(13-15-34)16-17-36)20-28(32)26(27)18-23-10-11-35(30(23)38)25-4-2-1-3-5-25;/h6-9,19-20,23,25,36H,1-5,10-18H2;1H. The lowest BCUT2D eigenvalue weighted by molar-refractivity contribution is -0.133. The number of likely N-dealkylation sites (tertiary alicyclic amines) is 1. The van der Waals surface area contributed by atoms with Crippen molar-refractivity contribution in [3.05, 3.63) is 57.6 Å². The SMILES string of the molecule is Cl.O=C(c1ccc(-c2cc(Cl)c(CC3CCN(C4CCCCC4)C3=O)c(Cl)c2)cc1)N1CCN(CCO)CC1. The molecule has 39 heavy (non-hydrogen) atoms. The number of amides is 2. The number of β-amino-alcohol motifs (C(OH)–C–C–N with tert-alkyl or cyclic N) is 1. The molecule has 2 aromatic carbocycles. The van der Waals surface area contributed by atoms with Gasteiger partial charge in [0.25, 0.3) is 5.91 Å². The highest BCUT2D eigenvalue weighted by Crippen LogP contribution is 2.36. The lowest BCUT2D eigenvalue weighted by Crippen LogP contribution is -2.49. The van der Waals surface area contributed by atoms with E-state index in [2.05, 4.69) is 9.80 Å². The van der Waals surface area contributed by atoms with Gasteiger partial charge in [-0.3, -0.25) is 14.5 Å². The van der Waals surface area contributed by atoms with Gasteiger partial charge in [-0.25, -0.2) is 0 Å². The van der Waals surface area contributed by atoms with E-state index < -0.39 is 0 Å². The highest BCUT2D eigenvalue weighted by Gasteiger charge is 2.36. The summed E-state index contributed by atoms with van der Waals surface area (Å²) in [5.41, 5.74) is 3.32. The summed E-state index contributed by atoms with van der Waals surface area (Å²) < 4.78 is 0. The van der Waals surface area contributed by atoms with Crippen LogP contribution in [0.15, 0.2) is 36.4 Å². The van der Waals surface area contributed by atoms with Gasteiger partial charge in [0.1, 0.15) is 0 Å². The van der Waals surface area contributed by atoms with Crippen molar-refractivity contribution in [3.8, 4) is 11.1 Å². The van der Waals surface area contributed by atoms with Crippen molar-refractivity contribution in [3.63, 3.8) is 0 Å². The molecule has 0 radical (unpaired) electrons. The summed E-state index contributed by atoms with van der Waals surface area (Å²) in [4.78, 5) is 32.3. The smallest absolute Gasteiger partial charge is 0.253 e. The lowest BCUT2D eigenvalue weighted by atomic mass is 9.93. The maximum Gasteiger partial charge on any atom is 0.253 e. The zero-order valence-corrected chi connectivity index (χ0v) is 24.6. The minimum atomic E-state index is -0.0615. The van der Waals surface area contributed by atoms with E-state index in [1.54, 1.807) is 0 Å². The van der Waals surface area contributed by atoms with Crippen LogP contribution in [0.25, 0.3) is 11.1 Å². The third-order valence-corrected chi connectivity index (χ3v) is 9.17. The maximum absolute atomic E-state index is 13.2. The van der Waals surface area contributed by atoms with Gasteiger partial charge in [0.2, 0.25) is 5.91 Å². The van der Waals surface area contributed by atoms with Crippen molar-refractivity contribution in [1.29, 1.82) is 0 Å². The topological polar surface area (TPSA) is 64.1 Å². The Morgan fingerprint density at radius 1 is 0.872 bits per heavy atom. The second-order valence-corrected chi connectivity index (χ2v) is 11.7. The molecule has 1 aliphatic carbocycles. The molecule has 5 rings (SSSR count). The first-order valence-electron chi connectivity index (χ1n) is 14.0. The number of rotatable bonds is 7. The summed E-state index contributed by atoms with van der Waals surface area (Å²) in [7, 11) is 0. The Labute approximate surface area is 247 Å². The first kappa shape index (κ1) is 30.1. The molecule has 2 aromatic rings. The predicted molar refractivity (Wildman–Crippen MR) is 159 cm³/mol. The third-order valence-electron chi connectivity index (χ3n) is 8.50. The first-order valence-corrected chi connectivity index (χ1v) is 14.7. The number of carbonyl (C=O) groups excluding carboxylic acids is 2. The van der Waals surface area contributed by atoms with E-state index >= 15 is 0 Å². The molecule has 9 heteroatoms. The van der Waals surface area contributed by atoms with Crippen molar-refractivity contribution in [2.24, 2.45) is 5.92 Å². The van der Waals surface area contributed by atoms with Gasteiger partial charge in [-0.15, -0.1) is 12.4 Å². The van der Waals surface area contributed by atoms with Gasteiger partial charge in [-0.05, 0) is 66.6 Å². The van der Waals surface area contributed by atoms with Gasteiger partial charge in [0.05, 0.1) is 6.61 Å². The summed E-state index contributed by atoms with van der Waals surface area (Å²) in [6.45, 7) is 4.51. The molecule has 2 amide bonds. The van der Waals surface area contributed by atoms with E-state index in [4.69, 9.17) is 28.3 Å². The second-order valence-electron chi connectivity index (χ2n) is 10.9. The van der Waals surface area contributed by atoms with Crippen LogP contribution in [0.2, 0.25) is 10.0 Å². The van der Waals surface area contributed by atoms with E-state index in [1.165, 1.54) is 19.3 Å². The van der Waals surface area contributed by atoms with E-state index in [9.17, 15) is 9.59 Å². The van der Waals surface area contributed by atoms with Crippen LogP contribution in [-0.2, 0) is 11.2 Å². The average Bonchev–Trinajstić information content (AvgIpc) is 3.31. The number of halogens is 3. The molecule has 212 valence electrons. The minimum Gasteiger partial charge on any atom is -0.395 e. The van der Waals surface area contributed by atoms with Crippen molar-refractivity contribution in [2.75, 3.05) is 45.9 Å². The fourth-order valence-corrected chi connectivity index (χ4v) is 6.86. The first-order chi connectivity index (χ1) is 18.4. The molecule has 0 spiro atoms. The predicted octanol–water partition coefficient (Wildman–Crippen LogP) is 5.56. The van der Waals surface area contributed by atoms with Crippen LogP contribution in [0, 0.1) is 5.92 Å². The number of hydrogen-bond acceptors (Lipinski definition) is 4. The number of piperazine rings is 1. The summed E-state index contributed by atoms with van der Waals surface area (Å²) in [5, 5.41) is 10.3. The molecule has 6 nitrogen and oxygen atoms in total. The molecule has 2 aliphatic heterocycles. The quantitative estimate of drug-likeness (QED) is 0.456. The Bertz CT molecular complexity index is 1120. The van der Waals surface area contributed by atoms with Gasteiger partial charge in [-0.1, -0.05) is 54.6 Å². The molecule has 1 saturated carbocycles. The third kappa shape index (κ3) is 6.91. The van der Waals surface area contributed by atoms with Gasteiger partial charge in [0, 0.05) is 66.8 Å². The molecule has 1 unspecified atom stereocenters. The molecular formula is C30H38Cl3N3O3.